The first-order valence-corrected chi connectivity index (χ1v) is 8.47. The van der Waals surface area contributed by atoms with E-state index < -0.39 is 0 Å². The average molecular weight is 310 g/mol. The Kier molecular flexibility index (Phi) is 5.71. The molecule has 0 amide bonds. The van der Waals surface area contributed by atoms with Gasteiger partial charge in [-0.25, -0.2) is 4.98 Å². The summed E-state index contributed by atoms with van der Waals surface area (Å²) in [6.45, 7) is 2.09. The highest BCUT2D eigenvalue weighted by molar-refractivity contribution is 7.99. The lowest BCUT2D eigenvalue weighted by molar-refractivity contribution is 0.367. The highest BCUT2D eigenvalue weighted by Gasteiger charge is 2.34. The lowest BCUT2D eigenvalue weighted by atomic mass is 9.92. The first-order chi connectivity index (χ1) is 9.67. The van der Waals surface area contributed by atoms with Gasteiger partial charge in [-0.2, -0.15) is 5.26 Å². The summed E-state index contributed by atoms with van der Waals surface area (Å²) in [5.74, 6) is 0.977. The molecule has 1 aliphatic carbocycles. The average Bonchev–Trinajstić information content (AvgIpc) is 3.28. The van der Waals surface area contributed by atoms with Crippen LogP contribution in [0.25, 0.3) is 0 Å². The number of nitriles is 1. The minimum Gasteiger partial charge on any atom is -0.297 e. The summed E-state index contributed by atoms with van der Waals surface area (Å²) in [7, 11) is 0. The van der Waals surface area contributed by atoms with Crippen LogP contribution in [0.5, 0.6) is 0 Å². The zero-order valence-corrected chi connectivity index (χ0v) is 13.3. The van der Waals surface area contributed by atoms with Crippen LogP contribution in [0, 0.1) is 11.3 Å². The molecule has 1 heterocycles. The van der Waals surface area contributed by atoms with E-state index in [0.29, 0.717) is 11.1 Å². The Morgan fingerprint density at radius 3 is 2.90 bits per heavy atom. The maximum absolute atomic E-state index is 9.45. The van der Waals surface area contributed by atoms with E-state index in [1.807, 2.05) is 12.1 Å². The highest BCUT2D eigenvalue weighted by Crippen LogP contribution is 2.28. The molecule has 1 unspecified atom stereocenters. The van der Waals surface area contributed by atoms with E-state index >= 15 is 0 Å². The number of pyridine rings is 1. The number of hydrogen-bond donors (Lipinski definition) is 1. The van der Waals surface area contributed by atoms with Crippen LogP contribution >= 0.6 is 23.4 Å². The molecule has 0 spiro atoms. The second kappa shape index (κ2) is 7.31. The summed E-state index contributed by atoms with van der Waals surface area (Å²) in [4.78, 5) is 4.26. The second-order valence-corrected chi connectivity index (χ2v) is 6.78. The lowest BCUT2D eigenvalue weighted by Crippen LogP contribution is -2.44. The Morgan fingerprint density at radius 1 is 1.55 bits per heavy atom. The molecule has 108 valence electrons. The van der Waals surface area contributed by atoms with Crippen molar-refractivity contribution >= 4 is 23.4 Å². The van der Waals surface area contributed by atoms with Gasteiger partial charge in [0.05, 0.1) is 16.1 Å². The molecule has 1 aromatic heterocycles. The van der Waals surface area contributed by atoms with Crippen molar-refractivity contribution in [2.45, 2.75) is 55.6 Å². The van der Waals surface area contributed by atoms with Crippen molar-refractivity contribution in [1.82, 2.24) is 10.3 Å². The summed E-state index contributed by atoms with van der Waals surface area (Å²) < 4.78 is 0. The normalized spacial score (nSPS) is 17.4. The molecule has 0 radical (unpaired) electrons. The summed E-state index contributed by atoms with van der Waals surface area (Å²) in [5.41, 5.74) is -0.338. The van der Waals surface area contributed by atoms with Crippen LogP contribution in [-0.2, 0) is 0 Å². The summed E-state index contributed by atoms with van der Waals surface area (Å²) in [6, 6.07) is 6.85. The van der Waals surface area contributed by atoms with Crippen LogP contribution in [0.3, 0.4) is 0 Å². The molecule has 5 heteroatoms. The van der Waals surface area contributed by atoms with Gasteiger partial charge in [-0.3, -0.25) is 5.32 Å². The third-order valence-corrected chi connectivity index (χ3v) is 4.83. The Bertz CT molecular complexity index is 467. The van der Waals surface area contributed by atoms with Gasteiger partial charge in [0.15, 0.2) is 0 Å². The topological polar surface area (TPSA) is 48.7 Å². The standard InChI is InChI=1S/C15H20ClN3S/c1-2-15(11-17,19-13-5-6-13)8-3-9-20-14-7-4-12(16)10-18-14/h4,7,10,13,19H,2-3,5-6,8-9H2,1H3. The molecule has 20 heavy (non-hydrogen) atoms. The zero-order chi connectivity index (χ0) is 14.4. The maximum atomic E-state index is 9.45. The van der Waals surface area contributed by atoms with Gasteiger partial charge >= 0.3 is 0 Å². The first kappa shape index (κ1) is 15.6. The molecule has 1 aromatic rings. The molecular weight excluding hydrogens is 290 g/mol. The number of hydrogen-bond acceptors (Lipinski definition) is 4. The Labute approximate surface area is 130 Å². The van der Waals surface area contributed by atoms with Crippen LogP contribution < -0.4 is 5.32 Å². The largest absolute Gasteiger partial charge is 0.297 e. The predicted molar refractivity (Wildman–Crippen MR) is 84.0 cm³/mol. The van der Waals surface area contributed by atoms with Crippen molar-refractivity contribution in [2.24, 2.45) is 0 Å². The number of aromatic nitrogens is 1. The van der Waals surface area contributed by atoms with E-state index in [1.54, 1.807) is 18.0 Å². The van der Waals surface area contributed by atoms with Gasteiger partial charge in [0.1, 0.15) is 5.54 Å². The quantitative estimate of drug-likeness (QED) is 0.582. The molecule has 0 bridgehead atoms. The van der Waals surface area contributed by atoms with E-state index in [1.165, 1.54) is 12.8 Å². The predicted octanol–water partition coefficient (Wildman–Crippen LogP) is 4.03. The van der Waals surface area contributed by atoms with E-state index in [4.69, 9.17) is 11.6 Å². The van der Waals surface area contributed by atoms with Crippen LogP contribution in [0.15, 0.2) is 23.4 Å². The van der Waals surface area contributed by atoms with Crippen LogP contribution in [-0.4, -0.2) is 22.3 Å². The molecule has 1 aliphatic rings. The first-order valence-electron chi connectivity index (χ1n) is 7.11. The molecule has 0 aromatic carbocycles. The fourth-order valence-electron chi connectivity index (χ4n) is 2.13. The van der Waals surface area contributed by atoms with E-state index in [0.717, 1.165) is 30.0 Å². The summed E-state index contributed by atoms with van der Waals surface area (Å²) in [5, 5.41) is 14.6. The number of rotatable bonds is 8. The molecule has 0 aliphatic heterocycles. The monoisotopic (exact) mass is 309 g/mol. The number of nitrogens with zero attached hydrogens (tertiary/aromatic N) is 2. The molecule has 2 rings (SSSR count). The number of thioether (sulfide) groups is 1. The van der Waals surface area contributed by atoms with Gasteiger partial charge in [-0.05, 0) is 50.0 Å². The van der Waals surface area contributed by atoms with E-state index in [9.17, 15) is 5.26 Å². The van der Waals surface area contributed by atoms with Crippen molar-refractivity contribution in [2.75, 3.05) is 5.75 Å². The summed E-state index contributed by atoms with van der Waals surface area (Å²) in [6.07, 6.45) is 6.88. The third kappa shape index (κ3) is 4.66. The third-order valence-electron chi connectivity index (χ3n) is 3.57. The second-order valence-electron chi connectivity index (χ2n) is 5.23. The Hall–Kier alpha value is -0.760. The lowest BCUT2D eigenvalue weighted by Gasteiger charge is -2.26. The molecule has 1 atom stereocenters. The fraction of sp³-hybridized carbons (Fsp3) is 0.600. The number of halogens is 1. The van der Waals surface area contributed by atoms with Gasteiger partial charge < -0.3 is 0 Å². The van der Waals surface area contributed by atoms with Gasteiger partial charge in [0.2, 0.25) is 0 Å². The van der Waals surface area contributed by atoms with Gasteiger partial charge in [0.25, 0.3) is 0 Å². The van der Waals surface area contributed by atoms with Crippen LogP contribution in [0.1, 0.15) is 39.0 Å². The number of nitrogens with one attached hydrogen (secondary N) is 1. The van der Waals surface area contributed by atoms with Crippen molar-refractivity contribution in [3.63, 3.8) is 0 Å². The van der Waals surface area contributed by atoms with Crippen LogP contribution in [0.4, 0.5) is 0 Å². The molecule has 1 fully saturated rings. The minimum atomic E-state index is -0.338. The van der Waals surface area contributed by atoms with Crippen molar-refractivity contribution in [3.8, 4) is 6.07 Å². The van der Waals surface area contributed by atoms with Gasteiger partial charge in [-0.1, -0.05) is 18.5 Å². The molecule has 1 saturated carbocycles. The summed E-state index contributed by atoms with van der Waals surface area (Å²) >= 11 is 7.53. The molecule has 3 nitrogen and oxygen atoms in total. The SMILES string of the molecule is CCC(C#N)(CCCSc1ccc(Cl)cn1)NC1CC1. The van der Waals surface area contributed by atoms with Crippen molar-refractivity contribution in [1.29, 1.82) is 5.26 Å². The Balaban J connectivity index is 1.75. The van der Waals surface area contributed by atoms with Gasteiger partial charge in [-0.15, -0.1) is 11.8 Å². The smallest absolute Gasteiger partial charge is 0.106 e. The fourth-order valence-corrected chi connectivity index (χ4v) is 3.04. The van der Waals surface area contributed by atoms with Gasteiger partial charge in [0, 0.05) is 12.2 Å². The van der Waals surface area contributed by atoms with Crippen molar-refractivity contribution < 1.29 is 0 Å². The minimum absolute atomic E-state index is 0.338. The zero-order valence-electron chi connectivity index (χ0n) is 11.7. The Morgan fingerprint density at radius 2 is 2.35 bits per heavy atom. The van der Waals surface area contributed by atoms with Crippen molar-refractivity contribution in [3.05, 3.63) is 23.4 Å². The van der Waals surface area contributed by atoms with Crippen LogP contribution in [0.2, 0.25) is 5.02 Å². The van der Waals surface area contributed by atoms with E-state index in [2.05, 4.69) is 23.3 Å². The molecule has 0 saturated heterocycles. The molecular formula is C15H20ClN3S. The maximum Gasteiger partial charge on any atom is 0.106 e. The van der Waals surface area contributed by atoms with E-state index in [-0.39, 0.29) is 5.54 Å². The highest BCUT2D eigenvalue weighted by atomic mass is 35.5. The molecule has 1 N–H and O–H groups in total.